The Hall–Kier alpha value is -1.57. The van der Waals surface area contributed by atoms with E-state index in [9.17, 15) is 4.79 Å². The summed E-state index contributed by atoms with van der Waals surface area (Å²) in [5.41, 5.74) is 0.814. The van der Waals surface area contributed by atoms with Crippen molar-refractivity contribution in [2.24, 2.45) is 5.92 Å². The highest BCUT2D eigenvalue weighted by Crippen LogP contribution is 2.14. The van der Waals surface area contributed by atoms with E-state index < -0.39 is 0 Å². The standard InChI is InChI=1S/C12H13NO/c14-12(10-5-2-1-3-6-10)11-7-4-8-13-9-11/h1-6,8,11,13H,7,9H2. The number of hydrogen-bond acceptors (Lipinski definition) is 2. The van der Waals surface area contributed by atoms with Gasteiger partial charge >= 0.3 is 0 Å². The zero-order valence-corrected chi connectivity index (χ0v) is 7.94. The Labute approximate surface area is 83.6 Å². The van der Waals surface area contributed by atoms with Crippen LogP contribution in [0.1, 0.15) is 16.8 Å². The minimum atomic E-state index is 0.0994. The molecular formula is C12H13NO. The van der Waals surface area contributed by atoms with Crippen LogP contribution in [0.2, 0.25) is 0 Å². The third-order valence-corrected chi connectivity index (χ3v) is 2.45. The summed E-state index contributed by atoms with van der Waals surface area (Å²) < 4.78 is 0. The first kappa shape index (κ1) is 9.00. The van der Waals surface area contributed by atoms with E-state index in [0.717, 1.165) is 18.5 Å². The van der Waals surface area contributed by atoms with Gasteiger partial charge in [0.05, 0.1) is 0 Å². The van der Waals surface area contributed by atoms with E-state index >= 15 is 0 Å². The first-order chi connectivity index (χ1) is 6.88. The Bertz CT molecular complexity index is 343. The second-order valence-electron chi connectivity index (χ2n) is 3.47. The third-order valence-electron chi connectivity index (χ3n) is 2.45. The van der Waals surface area contributed by atoms with E-state index in [0.29, 0.717) is 0 Å². The van der Waals surface area contributed by atoms with Crippen LogP contribution < -0.4 is 5.32 Å². The zero-order chi connectivity index (χ0) is 9.80. The molecule has 2 nitrogen and oxygen atoms in total. The molecule has 0 fully saturated rings. The van der Waals surface area contributed by atoms with Crippen LogP contribution in [0.5, 0.6) is 0 Å². The van der Waals surface area contributed by atoms with E-state index in [1.807, 2.05) is 42.6 Å². The lowest BCUT2D eigenvalue weighted by molar-refractivity contribution is 0.0919. The SMILES string of the molecule is O=C(c1ccccc1)C1CC=CNC1. The van der Waals surface area contributed by atoms with Gasteiger partial charge in [0.1, 0.15) is 0 Å². The Morgan fingerprint density at radius 2 is 2.07 bits per heavy atom. The minimum absolute atomic E-state index is 0.0994. The van der Waals surface area contributed by atoms with E-state index in [2.05, 4.69) is 5.32 Å². The van der Waals surface area contributed by atoms with Crippen molar-refractivity contribution in [2.45, 2.75) is 6.42 Å². The molecule has 0 aromatic heterocycles. The molecule has 2 rings (SSSR count). The molecule has 2 heteroatoms. The zero-order valence-electron chi connectivity index (χ0n) is 7.94. The lowest BCUT2D eigenvalue weighted by Gasteiger charge is -2.17. The topological polar surface area (TPSA) is 29.1 Å². The predicted octanol–water partition coefficient (Wildman–Crippen LogP) is 1.99. The average molecular weight is 187 g/mol. The van der Waals surface area contributed by atoms with Gasteiger partial charge in [0.15, 0.2) is 5.78 Å². The molecule has 1 aliphatic heterocycles. The summed E-state index contributed by atoms with van der Waals surface area (Å²) in [6.07, 6.45) is 4.77. The van der Waals surface area contributed by atoms with Gasteiger partial charge < -0.3 is 5.32 Å². The van der Waals surface area contributed by atoms with Gasteiger partial charge in [-0.25, -0.2) is 0 Å². The van der Waals surface area contributed by atoms with Crippen LogP contribution in [0.15, 0.2) is 42.6 Å². The van der Waals surface area contributed by atoms with Gasteiger partial charge in [0.25, 0.3) is 0 Å². The number of hydrogen-bond donors (Lipinski definition) is 1. The largest absolute Gasteiger partial charge is 0.390 e. The van der Waals surface area contributed by atoms with Gasteiger partial charge in [0, 0.05) is 18.0 Å². The highest BCUT2D eigenvalue weighted by molar-refractivity contribution is 5.98. The fraction of sp³-hybridized carbons (Fsp3) is 0.250. The van der Waals surface area contributed by atoms with Crippen LogP contribution in [0, 0.1) is 5.92 Å². The van der Waals surface area contributed by atoms with Crippen molar-refractivity contribution in [3.63, 3.8) is 0 Å². The van der Waals surface area contributed by atoms with Crippen molar-refractivity contribution >= 4 is 5.78 Å². The fourth-order valence-corrected chi connectivity index (χ4v) is 1.65. The van der Waals surface area contributed by atoms with Crippen LogP contribution in [-0.4, -0.2) is 12.3 Å². The summed E-state index contributed by atoms with van der Waals surface area (Å²) >= 11 is 0. The van der Waals surface area contributed by atoms with E-state index in [1.54, 1.807) is 0 Å². The van der Waals surface area contributed by atoms with Crippen LogP contribution in [0.3, 0.4) is 0 Å². The molecule has 1 unspecified atom stereocenters. The normalized spacial score (nSPS) is 20.1. The van der Waals surface area contributed by atoms with Crippen molar-refractivity contribution in [3.05, 3.63) is 48.2 Å². The number of carbonyl (C=O) groups is 1. The van der Waals surface area contributed by atoms with Crippen LogP contribution >= 0.6 is 0 Å². The highest BCUT2D eigenvalue weighted by atomic mass is 16.1. The second-order valence-corrected chi connectivity index (χ2v) is 3.47. The average Bonchev–Trinajstić information content (AvgIpc) is 2.30. The molecule has 1 aromatic rings. The lowest BCUT2D eigenvalue weighted by atomic mass is 9.93. The molecule has 0 saturated carbocycles. The summed E-state index contributed by atoms with van der Waals surface area (Å²) in [7, 11) is 0. The number of rotatable bonds is 2. The van der Waals surface area contributed by atoms with Crippen molar-refractivity contribution in [1.29, 1.82) is 0 Å². The van der Waals surface area contributed by atoms with Crippen molar-refractivity contribution in [2.75, 3.05) is 6.54 Å². The predicted molar refractivity (Wildman–Crippen MR) is 56.0 cm³/mol. The molecule has 0 spiro atoms. The van der Waals surface area contributed by atoms with Crippen LogP contribution in [0.4, 0.5) is 0 Å². The Morgan fingerprint density at radius 3 is 2.71 bits per heavy atom. The molecule has 1 N–H and O–H groups in total. The molecule has 72 valence electrons. The van der Waals surface area contributed by atoms with Gasteiger partial charge in [-0.3, -0.25) is 4.79 Å². The summed E-state index contributed by atoms with van der Waals surface area (Å²) in [6, 6.07) is 9.48. The summed E-state index contributed by atoms with van der Waals surface area (Å²) in [6.45, 7) is 0.754. The number of allylic oxidation sites excluding steroid dienone is 1. The van der Waals surface area contributed by atoms with E-state index in [1.165, 1.54) is 0 Å². The smallest absolute Gasteiger partial charge is 0.168 e. The van der Waals surface area contributed by atoms with Crippen LogP contribution in [-0.2, 0) is 0 Å². The molecule has 0 bridgehead atoms. The number of ketones is 1. The molecule has 0 radical (unpaired) electrons. The van der Waals surface area contributed by atoms with Crippen LogP contribution in [0.25, 0.3) is 0 Å². The summed E-state index contributed by atoms with van der Waals surface area (Å²) in [4.78, 5) is 11.9. The Balaban J connectivity index is 2.12. The van der Waals surface area contributed by atoms with Crippen molar-refractivity contribution < 1.29 is 4.79 Å². The van der Waals surface area contributed by atoms with Crippen molar-refractivity contribution in [1.82, 2.24) is 5.32 Å². The van der Waals surface area contributed by atoms with Gasteiger partial charge in [0.2, 0.25) is 0 Å². The van der Waals surface area contributed by atoms with Gasteiger partial charge in [-0.1, -0.05) is 36.4 Å². The molecule has 1 atom stereocenters. The van der Waals surface area contributed by atoms with E-state index in [4.69, 9.17) is 0 Å². The van der Waals surface area contributed by atoms with Crippen molar-refractivity contribution in [3.8, 4) is 0 Å². The molecule has 14 heavy (non-hydrogen) atoms. The third kappa shape index (κ3) is 1.84. The molecule has 1 heterocycles. The summed E-state index contributed by atoms with van der Waals surface area (Å²) in [5.74, 6) is 0.338. The Kier molecular flexibility index (Phi) is 2.63. The van der Waals surface area contributed by atoms with E-state index in [-0.39, 0.29) is 11.7 Å². The first-order valence-electron chi connectivity index (χ1n) is 4.85. The summed E-state index contributed by atoms with van der Waals surface area (Å²) in [5, 5.41) is 3.08. The fourth-order valence-electron chi connectivity index (χ4n) is 1.65. The maximum Gasteiger partial charge on any atom is 0.168 e. The second kappa shape index (κ2) is 4.09. The lowest BCUT2D eigenvalue weighted by Crippen LogP contribution is -2.28. The maximum absolute atomic E-state index is 11.9. The number of Topliss-reactive ketones (excluding diaryl/α,β-unsaturated/α-hetero) is 1. The minimum Gasteiger partial charge on any atom is -0.390 e. The van der Waals surface area contributed by atoms with Gasteiger partial charge in [-0.2, -0.15) is 0 Å². The molecule has 0 saturated heterocycles. The molecule has 1 aliphatic rings. The number of carbonyl (C=O) groups excluding carboxylic acids is 1. The quantitative estimate of drug-likeness (QED) is 0.717. The number of benzene rings is 1. The van der Waals surface area contributed by atoms with Gasteiger partial charge in [-0.15, -0.1) is 0 Å². The van der Waals surface area contributed by atoms with Gasteiger partial charge in [-0.05, 0) is 12.6 Å². The molecule has 1 aromatic carbocycles. The number of nitrogens with one attached hydrogen (secondary N) is 1. The molecule has 0 amide bonds. The molecule has 0 aliphatic carbocycles. The highest BCUT2D eigenvalue weighted by Gasteiger charge is 2.19. The maximum atomic E-state index is 11.9. The Morgan fingerprint density at radius 1 is 1.29 bits per heavy atom. The first-order valence-corrected chi connectivity index (χ1v) is 4.85. The monoisotopic (exact) mass is 187 g/mol. The molecular weight excluding hydrogens is 174 g/mol.